The molecule has 0 spiro atoms. The van der Waals surface area contributed by atoms with E-state index in [1.165, 1.54) is 16.4 Å². The summed E-state index contributed by atoms with van der Waals surface area (Å²) in [5, 5.41) is 3.73. The number of aromatic amines is 2. The van der Waals surface area contributed by atoms with Gasteiger partial charge in [0.1, 0.15) is 0 Å². The van der Waals surface area contributed by atoms with E-state index in [1.54, 1.807) is 24.5 Å². The van der Waals surface area contributed by atoms with Crippen molar-refractivity contribution in [3.05, 3.63) is 64.8 Å². The number of imidazole rings is 1. The van der Waals surface area contributed by atoms with Crippen LogP contribution >= 0.6 is 11.8 Å². The maximum absolute atomic E-state index is 12.2. The predicted octanol–water partition coefficient (Wildman–Crippen LogP) is 2.12. The van der Waals surface area contributed by atoms with Crippen molar-refractivity contribution >= 4 is 22.8 Å². The average molecular weight is 324 g/mol. The van der Waals surface area contributed by atoms with E-state index in [2.05, 4.69) is 25.0 Å². The maximum Gasteiger partial charge on any atom is 0.274 e. The Labute approximate surface area is 134 Å². The molecule has 2 N–H and O–H groups in total. The lowest BCUT2D eigenvalue weighted by atomic mass is 10.3. The molecule has 0 bridgehead atoms. The molecule has 0 aliphatic heterocycles. The summed E-state index contributed by atoms with van der Waals surface area (Å²) in [5.74, 6) is 1.05. The van der Waals surface area contributed by atoms with Crippen LogP contribution in [0.5, 0.6) is 0 Å². The monoisotopic (exact) mass is 324 g/mol. The van der Waals surface area contributed by atoms with Gasteiger partial charge < -0.3 is 4.98 Å². The SMILES string of the molecule is O=c1cc(CSc2ncccn2)[nH]n1-c1nc2ccccc2[nH]1. The molecule has 23 heavy (non-hydrogen) atoms. The highest BCUT2D eigenvalue weighted by molar-refractivity contribution is 7.98. The van der Waals surface area contributed by atoms with Crippen LogP contribution in [0.15, 0.2) is 58.7 Å². The van der Waals surface area contributed by atoms with Gasteiger partial charge in [-0.05, 0) is 18.2 Å². The smallest absolute Gasteiger partial charge is 0.274 e. The first-order chi connectivity index (χ1) is 11.3. The molecule has 1 aromatic carbocycles. The molecule has 0 aliphatic rings. The fourth-order valence-electron chi connectivity index (χ4n) is 2.22. The predicted molar refractivity (Wildman–Crippen MR) is 87.6 cm³/mol. The quantitative estimate of drug-likeness (QED) is 0.443. The fourth-order valence-corrected chi connectivity index (χ4v) is 2.93. The third-order valence-electron chi connectivity index (χ3n) is 3.26. The summed E-state index contributed by atoms with van der Waals surface area (Å²) in [7, 11) is 0. The standard InChI is InChI=1S/C15H12N6OS/c22-13-8-10(9-23-15-16-6-3-7-17-15)20-21(13)14-18-11-4-1-2-5-12(11)19-14/h1-8,20H,9H2,(H,18,19). The summed E-state index contributed by atoms with van der Waals surface area (Å²) >= 11 is 1.46. The number of aromatic nitrogens is 6. The zero-order valence-corrected chi connectivity index (χ0v) is 12.7. The lowest BCUT2D eigenvalue weighted by Crippen LogP contribution is -2.14. The number of para-hydroxylation sites is 2. The van der Waals surface area contributed by atoms with Crippen LogP contribution < -0.4 is 5.56 Å². The van der Waals surface area contributed by atoms with Gasteiger partial charge in [0.25, 0.3) is 5.56 Å². The van der Waals surface area contributed by atoms with Crippen molar-refractivity contribution in [3.8, 4) is 5.95 Å². The van der Waals surface area contributed by atoms with Crippen LogP contribution in [0.3, 0.4) is 0 Å². The maximum atomic E-state index is 12.2. The van der Waals surface area contributed by atoms with Crippen molar-refractivity contribution < 1.29 is 0 Å². The minimum absolute atomic E-state index is 0.159. The van der Waals surface area contributed by atoms with Crippen LogP contribution in [0, 0.1) is 0 Å². The van der Waals surface area contributed by atoms with E-state index in [0.29, 0.717) is 16.9 Å². The molecular weight excluding hydrogens is 312 g/mol. The third kappa shape index (κ3) is 2.76. The molecule has 0 saturated carbocycles. The topological polar surface area (TPSA) is 92.2 Å². The van der Waals surface area contributed by atoms with Gasteiger partial charge in [-0.25, -0.2) is 15.0 Å². The summed E-state index contributed by atoms with van der Waals surface area (Å²) in [6.07, 6.45) is 3.38. The molecule has 0 amide bonds. The van der Waals surface area contributed by atoms with E-state index in [9.17, 15) is 4.79 Å². The van der Waals surface area contributed by atoms with E-state index in [-0.39, 0.29) is 5.56 Å². The van der Waals surface area contributed by atoms with E-state index < -0.39 is 0 Å². The molecule has 0 atom stereocenters. The number of H-pyrrole nitrogens is 2. The Balaban J connectivity index is 1.60. The van der Waals surface area contributed by atoms with Crippen molar-refractivity contribution in [2.75, 3.05) is 0 Å². The van der Waals surface area contributed by atoms with Crippen LogP contribution in [-0.2, 0) is 5.75 Å². The number of nitrogens with one attached hydrogen (secondary N) is 2. The van der Waals surface area contributed by atoms with Gasteiger partial charge >= 0.3 is 0 Å². The highest BCUT2D eigenvalue weighted by atomic mass is 32.2. The molecule has 0 radical (unpaired) electrons. The van der Waals surface area contributed by atoms with Crippen molar-refractivity contribution in [2.45, 2.75) is 10.9 Å². The molecule has 0 saturated heterocycles. The van der Waals surface area contributed by atoms with E-state index >= 15 is 0 Å². The van der Waals surface area contributed by atoms with Gasteiger partial charge in [-0.15, -0.1) is 0 Å². The molecule has 3 heterocycles. The van der Waals surface area contributed by atoms with Gasteiger partial charge in [0.15, 0.2) is 5.16 Å². The first kappa shape index (κ1) is 13.8. The van der Waals surface area contributed by atoms with Crippen molar-refractivity contribution in [3.63, 3.8) is 0 Å². The number of nitrogens with zero attached hydrogens (tertiary/aromatic N) is 4. The third-order valence-corrected chi connectivity index (χ3v) is 4.19. The molecule has 0 unspecified atom stereocenters. The van der Waals surface area contributed by atoms with Crippen LogP contribution in [0.1, 0.15) is 5.69 Å². The Kier molecular flexibility index (Phi) is 3.43. The Bertz CT molecular complexity index is 970. The Morgan fingerprint density at radius 1 is 1.13 bits per heavy atom. The summed E-state index contributed by atoms with van der Waals surface area (Å²) in [6, 6.07) is 11.0. The molecule has 114 valence electrons. The second-order valence-corrected chi connectivity index (χ2v) is 5.80. The van der Waals surface area contributed by atoms with E-state index in [4.69, 9.17) is 0 Å². The van der Waals surface area contributed by atoms with Crippen molar-refractivity contribution in [1.82, 2.24) is 29.7 Å². The second-order valence-electron chi connectivity index (χ2n) is 4.85. The minimum Gasteiger partial charge on any atom is -0.322 e. The van der Waals surface area contributed by atoms with E-state index in [1.807, 2.05) is 24.3 Å². The summed E-state index contributed by atoms with van der Waals surface area (Å²) in [5.41, 5.74) is 2.33. The lowest BCUT2D eigenvalue weighted by molar-refractivity contribution is 0.789. The fraction of sp³-hybridized carbons (Fsp3) is 0.0667. The number of thioether (sulfide) groups is 1. The van der Waals surface area contributed by atoms with Crippen LogP contribution in [0.25, 0.3) is 17.0 Å². The Morgan fingerprint density at radius 3 is 2.78 bits per heavy atom. The number of benzene rings is 1. The molecule has 4 rings (SSSR count). The van der Waals surface area contributed by atoms with Crippen LogP contribution in [0.4, 0.5) is 0 Å². The van der Waals surface area contributed by atoms with Gasteiger partial charge in [0.2, 0.25) is 5.95 Å². The minimum atomic E-state index is -0.159. The van der Waals surface area contributed by atoms with Gasteiger partial charge in [0.05, 0.1) is 11.0 Å². The molecule has 3 aromatic heterocycles. The molecule has 0 aliphatic carbocycles. The van der Waals surface area contributed by atoms with Gasteiger partial charge in [-0.2, -0.15) is 4.68 Å². The molecule has 4 aromatic rings. The van der Waals surface area contributed by atoms with Crippen molar-refractivity contribution in [2.24, 2.45) is 0 Å². The van der Waals surface area contributed by atoms with Crippen LogP contribution in [-0.4, -0.2) is 29.7 Å². The molecule has 8 heteroatoms. The van der Waals surface area contributed by atoms with E-state index in [0.717, 1.165) is 16.7 Å². The normalized spacial score (nSPS) is 11.1. The summed E-state index contributed by atoms with van der Waals surface area (Å²) < 4.78 is 1.40. The van der Waals surface area contributed by atoms with Gasteiger partial charge in [-0.3, -0.25) is 9.89 Å². The molecule has 0 fully saturated rings. The highest BCUT2D eigenvalue weighted by Gasteiger charge is 2.10. The zero-order chi connectivity index (χ0) is 15.6. The first-order valence-corrected chi connectivity index (χ1v) is 7.94. The summed E-state index contributed by atoms with van der Waals surface area (Å²) in [6.45, 7) is 0. The van der Waals surface area contributed by atoms with Crippen LogP contribution in [0.2, 0.25) is 0 Å². The Morgan fingerprint density at radius 2 is 1.96 bits per heavy atom. The second kappa shape index (κ2) is 5.73. The molecule has 7 nitrogen and oxygen atoms in total. The first-order valence-electron chi connectivity index (χ1n) is 6.95. The number of hydrogen-bond acceptors (Lipinski definition) is 5. The Hall–Kier alpha value is -2.87. The van der Waals surface area contributed by atoms with Crippen molar-refractivity contribution in [1.29, 1.82) is 0 Å². The van der Waals surface area contributed by atoms with Gasteiger partial charge in [-0.1, -0.05) is 23.9 Å². The largest absolute Gasteiger partial charge is 0.322 e. The number of fused-ring (bicyclic) bond motifs is 1. The zero-order valence-electron chi connectivity index (χ0n) is 11.9. The average Bonchev–Trinajstić information content (AvgIpc) is 3.17. The molecular formula is C15H12N6OS. The lowest BCUT2D eigenvalue weighted by Gasteiger charge is -1.98. The number of hydrogen-bond donors (Lipinski definition) is 2. The van der Waals surface area contributed by atoms with Gasteiger partial charge in [0, 0.05) is 29.9 Å². The highest BCUT2D eigenvalue weighted by Crippen LogP contribution is 2.17. The number of rotatable bonds is 4. The summed E-state index contributed by atoms with van der Waals surface area (Å²) in [4.78, 5) is 28.0.